The molecule has 0 aliphatic rings. The number of hydrogen-bond donors (Lipinski definition) is 1. The van der Waals surface area contributed by atoms with Crippen molar-refractivity contribution in [2.24, 2.45) is 0 Å². The Balaban J connectivity index is 1.94. The molecule has 0 atom stereocenters. The molecule has 128 valence electrons. The Morgan fingerprint density at radius 1 is 0.920 bits per heavy atom. The fraction of sp³-hybridized carbons (Fsp3) is 0.111. The predicted molar refractivity (Wildman–Crippen MR) is 90.9 cm³/mol. The van der Waals surface area contributed by atoms with Gasteiger partial charge < -0.3 is 10.2 Å². The molecule has 0 radical (unpaired) electrons. The van der Waals surface area contributed by atoms with E-state index in [1.54, 1.807) is 13.0 Å². The Kier molecular flexibility index (Phi) is 4.56. The molecule has 2 aromatic carbocycles. The summed E-state index contributed by atoms with van der Waals surface area (Å²) < 4.78 is 40.2. The molecule has 0 saturated carbocycles. The van der Waals surface area contributed by atoms with Crippen LogP contribution in [0.2, 0.25) is 0 Å². The van der Waals surface area contributed by atoms with E-state index in [9.17, 15) is 13.2 Å². The maximum Gasteiger partial charge on any atom is 0.229 e. The van der Waals surface area contributed by atoms with Crippen LogP contribution in [0.4, 0.5) is 36.3 Å². The molecule has 0 spiro atoms. The fourth-order valence-electron chi connectivity index (χ4n) is 2.31. The number of para-hydroxylation sites is 1. The second-order valence-electron chi connectivity index (χ2n) is 5.43. The Hall–Kier alpha value is -3.09. The number of nitrogens with zero attached hydrogens (tertiary/aromatic N) is 3. The van der Waals surface area contributed by atoms with E-state index in [4.69, 9.17) is 0 Å². The van der Waals surface area contributed by atoms with Crippen LogP contribution in [-0.4, -0.2) is 17.0 Å². The van der Waals surface area contributed by atoms with Crippen LogP contribution in [0, 0.1) is 24.4 Å². The third-order valence-electron chi connectivity index (χ3n) is 3.61. The number of nitrogens with one attached hydrogen (secondary N) is 1. The molecule has 0 fully saturated rings. The molecule has 0 amide bonds. The highest BCUT2D eigenvalue weighted by Crippen LogP contribution is 2.26. The lowest BCUT2D eigenvalue weighted by Crippen LogP contribution is -2.13. The second-order valence-corrected chi connectivity index (χ2v) is 5.43. The second kappa shape index (κ2) is 6.80. The molecule has 0 aliphatic carbocycles. The third kappa shape index (κ3) is 3.55. The van der Waals surface area contributed by atoms with E-state index in [1.807, 2.05) is 42.3 Å². The predicted octanol–water partition coefficient (Wildman–Crippen LogP) is 4.71. The van der Waals surface area contributed by atoms with Gasteiger partial charge in [0.05, 0.1) is 5.69 Å². The van der Waals surface area contributed by atoms with E-state index in [0.29, 0.717) is 11.5 Å². The van der Waals surface area contributed by atoms with Crippen LogP contribution < -0.4 is 10.2 Å². The molecule has 1 N–H and O–H groups in total. The molecule has 3 aromatic rings. The Morgan fingerprint density at radius 3 is 2.36 bits per heavy atom. The zero-order valence-corrected chi connectivity index (χ0v) is 13.6. The van der Waals surface area contributed by atoms with Crippen LogP contribution in [0.25, 0.3) is 0 Å². The number of aromatic nitrogens is 2. The quantitative estimate of drug-likeness (QED) is 0.696. The summed E-state index contributed by atoms with van der Waals surface area (Å²) in [6, 6.07) is 13.2. The van der Waals surface area contributed by atoms with Crippen LogP contribution in [-0.2, 0) is 0 Å². The van der Waals surface area contributed by atoms with E-state index in [-0.39, 0.29) is 11.6 Å². The Labute approximate surface area is 143 Å². The van der Waals surface area contributed by atoms with Crippen molar-refractivity contribution in [2.45, 2.75) is 6.92 Å². The smallest absolute Gasteiger partial charge is 0.229 e. The standard InChI is InChI=1S/C18H15F3N4/c1-11-10-15(25(2)12-6-4-3-5-7-12)24-18(22-11)23-14-9-8-13(19)16(20)17(14)21/h3-10H,1-2H3,(H,22,23,24). The highest BCUT2D eigenvalue weighted by molar-refractivity contribution is 5.62. The molecule has 7 heteroatoms. The van der Waals surface area contributed by atoms with Gasteiger partial charge >= 0.3 is 0 Å². The van der Waals surface area contributed by atoms with E-state index in [2.05, 4.69) is 15.3 Å². The third-order valence-corrected chi connectivity index (χ3v) is 3.61. The normalized spacial score (nSPS) is 10.6. The van der Waals surface area contributed by atoms with Crippen LogP contribution >= 0.6 is 0 Å². The first-order chi connectivity index (χ1) is 12.0. The molecule has 4 nitrogen and oxygen atoms in total. The molecule has 0 aliphatic heterocycles. The highest BCUT2D eigenvalue weighted by Gasteiger charge is 2.15. The minimum Gasteiger partial charge on any atom is -0.329 e. The lowest BCUT2D eigenvalue weighted by Gasteiger charge is -2.19. The molecule has 1 heterocycles. The summed E-state index contributed by atoms with van der Waals surface area (Å²) in [5.74, 6) is -3.45. The van der Waals surface area contributed by atoms with Crippen molar-refractivity contribution in [2.75, 3.05) is 17.3 Å². The minimum absolute atomic E-state index is 0.0858. The molecular weight excluding hydrogens is 329 g/mol. The summed E-state index contributed by atoms with van der Waals surface area (Å²) in [7, 11) is 1.83. The van der Waals surface area contributed by atoms with E-state index >= 15 is 0 Å². The summed E-state index contributed by atoms with van der Waals surface area (Å²) in [6.07, 6.45) is 0. The van der Waals surface area contributed by atoms with Gasteiger partial charge in [-0.15, -0.1) is 0 Å². The minimum atomic E-state index is -1.54. The maximum atomic E-state index is 13.8. The zero-order chi connectivity index (χ0) is 18.0. The molecule has 0 unspecified atom stereocenters. The summed E-state index contributed by atoms with van der Waals surface area (Å²) in [5.41, 5.74) is 1.31. The molecule has 0 bridgehead atoms. The first-order valence-electron chi connectivity index (χ1n) is 7.50. The van der Waals surface area contributed by atoms with Gasteiger partial charge in [-0.3, -0.25) is 0 Å². The Bertz CT molecular complexity index is 900. The van der Waals surface area contributed by atoms with Crippen LogP contribution in [0.5, 0.6) is 0 Å². The zero-order valence-electron chi connectivity index (χ0n) is 13.6. The van der Waals surface area contributed by atoms with E-state index in [0.717, 1.165) is 17.8 Å². The number of hydrogen-bond acceptors (Lipinski definition) is 4. The van der Waals surface area contributed by atoms with Gasteiger partial charge in [-0.1, -0.05) is 18.2 Å². The number of rotatable bonds is 4. The molecule has 3 rings (SSSR count). The van der Waals surface area contributed by atoms with E-state index in [1.165, 1.54) is 0 Å². The van der Waals surface area contributed by atoms with Crippen molar-refractivity contribution in [1.82, 2.24) is 9.97 Å². The number of halogens is 3. The molecule has 0 saturated heterocycles. The number of anilines is 4. The first kappa shape index (κ1) is 16.8. The number of benzene rings is 2. The molecule has 1 aromatic heterocycles. The summed E-state index contributed by atoms with van der Waals surface area (Å²) in [5, 5.41) is 2.60. The van der Waals surface area contributed by atoms with Crippen LogP contribution in [0.15, 0.2) is 48.5 Å². The SMILES string of the molecule is Cc1cc(N(C)c2ccccc2)nc(Nc2ccc(F)c(F)c2F)n1. The monoisotopic (exact) mass is 344 g/mol. The lowest BCUT2D eigenvalue weighted by atomic mass is 10.3. The van der Waals surface area contributed by atoms with Crippen molar-refractivity contribution in [3.8, 4) is 0 Å². The van der Waals surface area contributed by atoms with E-state index < -0.39 is 17.5 Å². The van der Waals surface area contributed by atoms with Crippen LogP contribution in [0.1, 0.15) is 5.69 Å². The lowest BCUT2D eigenvalue weighted by molar-refractivity contribution is 0.449. The summed E-state index contributed by atoms with van der Waals surface area (Å²) >= 11 is 0. The fourth-order valence-corrected chi connectivity index (χ4v) is 2.31. The number of aryl methyl sites for hydroxylation is 1. The van der Waals surface area contributed by atoms with Crippen molar-refractivity contribution in [3.63, 3.8) is 0 Å². The van der Waals surface area contributed by atoms with Gasteiger partial charge in [-0.05, 0) is 31.2 Å². The van der Waals surface area contributed by atoms with Crippen molar-refractivity contribution >= 4 is 23.1 Å². The topological polar surface area (TPSA) is 41.1 Å². The molecular formula is C18H15F3N4. The highest BCUT2D eigenvalue weighted by atomic mass is 19.2. The van der Waals surface area contributed by atoms with Gasteiger partial charge in [0.25, 0.3) is 0 Å². The van der Waals surface area contributed by atoms with Gasteiger partial charge in [0.2, 0.25) is 5.95 Å². The Morgan fingerprint density at radius 2 is 1.64 bits per heavy atom. The van der Waals surface area contributed by atoms with Gasteiger partial charge in [0.1, 0.15) is 5.82 Å². The summed E-state index contributed by atoms with van der Waals surface area (Å²) in [6.45, 7) is 1.76. The maximum absolute atomic E-state index is 13.8. The largest absolute Gasteiger partial charge is 0.329 e. The average molecular weight is 344 g/mol. The first-order valence-corrected chi connectivity index (χ1v) is 7.50. The van der Waals surface area contributed by atoms with Crippen molar-refractivity contribution in [1.29, 1.82) is 0 Å². The van der Waals surface area contributed by atoms with Gasteiger partial charge in [0.15, 0.2) is 17.5 Å². The van der Waals surface area contributed by atoms with Crippen molar-refractivity contribution in [3.05, 3.63) is 71.7 Å². The van der Waals surface area contributed by atoms with Crippen LogP contribution in [0.3, 0.4) is 0 Å². The van der Waals surface area contributed by atoms with Crippen molar-refractivity contribution < 1.29 is 13.2 Å². The van der Waals surface area contributed by atoms with Gasteiger partial charge in [-0.25, -0.2) is 18.2 Å². The summed E-state index contributed by atoms with van der Waals surface area (Å²) in [4.78, 5) is 10.3. The average Bonchev–Trinajstić information content (AvgIpc) is 2.62. The van der Waals surface area contributed by atoms with Gasteiger partial charge in [-0.2, -0.15) is 4.98 Å². The van der Waals surface area contributed by atoms with Gasteiger partial charge in [0, 0.05) is 24.5 Å². The molecule has 25 heavy (non-hydrogen) atoms.